The van der Waals surface area contributed by atoms with Crippen molar-refractivity contribution < 1.29 is 38.0 Å². The monoisotopic (exact) mass is 580 g/mol. The molecule has 13 heteroatoms. The number of halogens is 1. The molecule has 0 spiro atoms. The topological polar surface area (TPSA) is 150 Å². The maximum absolute atomic E-state index is 14.4. The maximum atomic E-state index is 14.4. The minimum absolute atomic E-state index is 0.0583. The zero-order valence-corrected chi connectivity index (χ0v) is 22.5. The normalized spacial score (nSPS) is 23.1. The van der Waals surface area contributed by atoms with E-state index in [1.807, 2.05) is 36.4 Å². The second-order valence-corrected chi connectivity index (χ2v) is 9.48. The molecule has 2 unspecified atom stereocenters. The molecule has 3 aromatic rings. The molecule has 0 bridgehead atoms. The van der Waals surface area contributed by atoms with Gasteiger partial charge in [-0.1, -0.05) is 42.5 Å². The van der Waals surface area contributed by atoms with Crippen molar-refractivity contribution in [3.63, 3.8) is 0 Å². The lowest BCUT2D eigenvalue weighted by molar-refractivity contribution is -0.141. The van der Waals surface area contributed by atoms with Gasteiger partial charge in [0.2, 0.25) is 0 Å². The average Bonchev–Trinajstić information content (AvgIpc) is 3.53. The van der Waals surface area contributed by atoms with Crippen molar-refractivity contribution in [1.29, 1.82) is 0 Å². The number of ether oxygens (including phenoxy) is 4. The SMILES string of the molecule is CCNC(=O)Nc1ccn([C@@H]2O[C@H](COCc3c(F)cccc3C(=O)O)C3O[C@H](/C=C/c4ccccc4)OC32)c(=O)n1. The summed E-state index contributed by atoms with van der Waals surface area (Å²) in [6.07, 6.45) is 1.11. The molecule has 220 valence electrons. The molecule has 3 N–H and O–H groups in total. The molecule has 2 amide bonds. The molecule has 2 saturated heterocycles. The van der Waals surface area contributed by atoms with E-state index < -0.39 is 54.3 Å². The molecule has 2 aliphatic heterocycles. The van der Waals surface area contributed by atoms with Gasteiger partial charge in [0.25, 0.3) is 0 Å². The van der Waals surface area contributed by atoms with Crippen molar-refractivity contribution in [1.82, 2.24) is 14.9 Å². The fourth-order valence-corrected chi connectivity index (χ4v) is 4.74. The van der Waals surface area contributed by atoms with Crippen molar-refractivity contribution in [2.45, 2.75) is 44.4 Å². The molecule has 5 rings (SSSR count). The lowest BCUT2D eigenvalue weighted by Crippen LogP contribution is -2.35. The first-order valence-corrected chi connectivity index (χ1v) is 13.3. The van der Waals surface area contributed by atoms with Gasteiger partial charge in [-0.2, -0.15) is 4.98 Å². The van der Waals surface area contributed by atoms with Crippen LogP contribution in [0.3, 0.4) is 0 Å². The second-order valence-electron chi connectivity index (χ2n) is 9.48. The van der Waals surface area contributed by atoms with Crippen LogP contribution in [-0.2, 0) is 25.6 Å². The van der Waals surface area contributed by atoms with E-state index in [0.29, 0.717) is 6.54 Å². The molecule has 42 heavy (non-hydrogen) atoms. The van der Waals surface area contributed by atoms with E-state index in [1.165, 1.54) is 29.0 Å². The predicted octanol–water partition coefficient (Wildman–Crippen LogP) is 3.16. The molecule has 5 atom stereocenters. The fourth-order valence-electron chi connectivity index (χ4n) is 4.74. The molecule has 2 fully saturated rings. The predicted molar refractivity (Wildman–Crippen MR) is 147 cm³/mol. The van der Waals surface area contributed by atoms with Crippen LogP contribution in [-0.4, -0.2) is 64.4 Å². The first-order chi connectivity index (χ1) is 20.3. The summed E-state index contributed by atoms with van der Waals surface area (Å²) in [6.45, 7) is 1.72. The highest BCUT2D eigenvalue weighted by molar-refractivity contribution is 5.89. The van der Waals surface area contributed by atoms with Crippen LogP contribution < -0.4 is 16.3 Å². The van der Waals surface area contributed by atoms with Gasteiger partial charge >= 0.3 is 17.7 Å². The Hall–Kier alpha value is -4.43. The Morgan fingerprint density at radius 2 is 1.88 bits per heavy atom. The average molecular weight is 581 g/mol. The first kappa shape index (κ1) is 29.1. The van der Waals surface area contributed by atoms with Crippen LogP contribution in [0.2, 0.25) is 0 Å². The zero-order valence-electron chi connectivity index (χ0n) is 22.5. The van der Waals surface area contributed by atoms with Crippen molar-refractivity contribution in [3.8, 4) is 0 Å². The van der Waals surface area contributed by atoms with Crippen molar-refractivity contribution >= 4 is 23.9 Å². The molecule has 2 aromatic carbocycles. The van der Waals surface area contributed by atoms with Gasteiger partial charge in [0.1, 0.15) is 29.9 Å². The van der Waals surface area contributed by atoms with E-state index in [9.17, 15) is 23.9 Å². The molecule has 0 aliphatic carbocycles. The van der Waals surface area contributed by atoms with Gasteiger partial charge in [-0.3, -0.25) is 9.88 Å². The number of urea groups is 1. The Labute approximate surface area is 239 Å². The number of fused-ring (bicyclic) bond motifs is 1. The quantitative estimate of drug-likeness (QED) is 0.329. The number of hydrogen-bond acceptors (Lipinski definition) is 8. The summed E-state index contributed by atoms with van der Waals surface area (Å²) >= 11 is 0. The van der Waals surface area contributed by atoms with Crippen molar-refractivity contribution in [2.24, 2.45) is 0 Å². The van der Waals surface area contributed by atoms with Crippen LogP contribution in [0.1, 0.15) is 34.6 Å². The second kappa shape index (κ2) is 13.0. The van der Waals surface area contributed by atoms with Gasteiger partial charge in [-0.15, -0.1) is 0 Å². The number of carbonyl (C=O) groups is 2. The largest absolute Gasteiger partial charge is 0.478 e. The summed E-state index contributed by atoms with van der Waals surface area (Å²) in [5.41, 5.74) is -0.0642. The number of amides is 2. The lowest BCUT2D eigenvalue weighted by Gasteiger charge is -2.21. The van der Waals surface area contributed by atoms with Crippen LogP contribution in [0.25, 0.3) is 6.08 Å². The minimum atomic E-state index is -1.28. The first-order valence-electron chi connectivity index (χ1n) is 13.3. The summed E-state index contributed by atoms with van der Waals surface area (Å²) < 4.78 is 39.7. The van der Waals surface area contributed by atoms with Crippen LogP contribution in [0.5, 0.6) is 0 Å². The number of aromatic nitrogens is 2. The Morgan fingerprint density at radius 1 is 1.10 bits per heavy atom. The Morgan fingerprint density at radius 3 is 2.62 bits per heavy atom. The highest BCUT2D eigenvalue weighted by Crippen LogP contribution is 2.39. The molecular formula is C29H29FN4O8. The summed E-state index contributed by atoms with van der Waals surface area (Å²) in [5, 5.41) is 14.5. The van der Waals surface area contributed by atoms with Crippen molar-refractivity contribution in [3.05, 3.63) is 99.9 Å². The third kappa shape index (κ3) is 6.55. The lowest BCUT2D eigenvalue weighted by atomic mass is 10.1. The minimum Gasteiger partial charge on any atom is -0.478 e. The Kier molecular flexibility index (Phi) is 9.03. The molecular weight excluding hydrogens is 551 g/mol. The van der Waals surface area contributed by atoms with Crippen LogP contribution in [0.15, 0.2) is 71.7 Å². The van der Waals surface area contributed by atoms with Crippen LogP contribution in [0, 0.1) is 5.82 Å². The highest BCUT2D eigenvalue weighted by atomic mass is 19.1. The number of anilines is 1. The van der Waals surface area contributed by atoms with E-state index in [0.717, 1.165) is 11.6 Å². The summed E-state index contributed by atoms with van der Waals surface area (Å²) in [5.74, 6) is -1.92. The summed E-state index contributed by atoms with van der Waals surface area (Å²) in [6, 6.07) is 14.3. The number of carboxylic acid groups (broad SMARTS) is 1. The van der Waals surface area contributed by atoms with Crippen LogP contribution in [0.4, 0.5) is 15.0 Å². The molecule has 2 aliphatic rings. The Balaban J connectivity index is 1.34. The number of carboxylic acids is 1. The number of aromatic carboxylic acids is 1. The van der Waals surface area contributed by atoms with Gasteiger partial charge < -0.3 is 29.4 Å². The van der Waals surface area contributed by atoms with Gasteiger partial charge in [0.05, 0.1) is 18.8 Å². The molecule has 1 aromatic heterocycles. The third-order valence-electron chi connectivity index (χ3n) is 6.67. The van der Waals surface area contributed by atoms with Gasteiger partial charge in [0, 0.05) is 18.3 Å². The van der Waals surface area contributed by atoms with Gasteiger partial charge in [0.15, 0.2) is 12.5 Å². The van der Waals surface area contributed by atoms with E-state index in [-0.39, 0.29) is 30.2 Å². The van der Waals surface area contributed by atoms with Gasteiger partial charge in [-0.25, -0.2) is 18.8 Å². The Bertz CT molecular complexity index is 1510. The smallest absolute Gasteiger partial charge is 0.351 e. The molecule has 12 nitrogen and oxygen atoms in total. The third-order valence-corrected chi connectivity index (χ3v) is 6.67. The number of nitrogens with one attached hydrogen (secondary N) is 2. The molecule has 0 saturated carbocycles. The number of benzene rings is 2. The summed E-state index contributed by atoms with van der Waals surface area (Å²) in [4.78, 5) is 40.2. The van der Waals surface area contributed by atoms with E-state index in [2.05, 4.69) is 15.6 Å². The zero-order chi connectivity index (χ0) is 29.6. The number of hydrogen-bond donors (Lipinski definition) is 3. The van der Waals surface area contributed by atoms with Crippen LogP contribution >= 0.6 is 0 Å². The fraction of sp³-hybridized carbons (Fsp3) is 0.310. The van der Waals surface area contributed by atoms with Crippen molar-refractivity contribution in [2.75, 3.05) is 18.5 Å². The highest BCUT2D eigenvalue weighted by Gasteiger charge is 2.53. The number of nitrogens with zero attached hydrogens (tertiary/aromatic N) is 2. The standard InChI is InChI=1S/C29H29FN4O8/c1-2-31-28(37)32-22-13-14-34(29(38)33-22)26-25-24(41-23(42-25)12-11-17-7-4-3-5-8-17)21(40-26)16-39-15-19-18(27(35)36)9-6-10-20(19)30/h3-14,21,23-26H,2,15-16H2,1H3,(H,35,36)(H2,31,32,33,37,38)/b12-11+/t21-,23+,24?,25?,26-/m1/s1. The number of carbonyl (C=O) groups excluding carboxylic acids is 1. The van der Waals surface area contributed by atoms with E-state index in [4.69, 9.17) is 18.9 Å². The van der Waals surface area contributed by atoms with E-state index >= 15 is 0 Å². The van der Waals surface area contributed by atoms with Gasteiger partial charge in [-0.05, 0) is 36.8 Å². The summed E-state index contributed by atoms with van der Waals surface area (Å²) in [7, 11) is 0. The maximum Gasteiger partial charge on any atom is 0.351 e. The molecule has 3 heterocycles. The number of rotatable bonds is 10. The molecule has 0 radical (unpaired) electrons. The van der Waals surface area contributed by atoms with E-state index in [1.54, 1.807) is 13.0 Å².